The second kappa shape index (κ2) is 11.2. The van der Waals surface area contributed by atoms with Crippen molar-refractivity contribution in [2.45, 2.75) is 19.9 Å². The molecule has 3 heterocycles. The molecule has 1 N–H and O–H groups in total. The lowest BCUT2D eigenvalue weighted by Crippen LogP contribution is -2.29. The van der Waals surface area contributed by atoms with Crippen molar-refractivity contribution in [3.63, 3.8) is 0 Å². The van der Waals surface area contributed by atoms with Crippen molar-refractivity contribution in [2.75, 3.05) is 31.3 Å². The minimum absolute atomic E-state index is 0.00970. The maximum atomic E-state index is 13.5. The summed E-state index contributed by atoms with van der Waals surface area (Å²) in [7, 11) is 0. The zero-order valence-electron chi connectivity index (χ0n) is 21.8. The molecule has 0 spiro atoms. The minimum atomic E-state index is -1.06. The van der Waals surface area contributed by atoms with Gasteiger partial charge in [-0.25, -0.2) is 9.78 Å². The predicted octanol–water partition coefficient (Wildman–Crippen LogP) is 4.59. The number of carbonyl (C=O) groups is 3. The lowest BCUT2D eigenvalue weighted by molar-refractivity contribution is -0.132. The molecule has 10 nitrogen and oxygen atoms in total. The van der Waals surface area contributed by atoms with Crippen LogP contribution in [0.5, 0.6) is 17.2 Å². The number of aromatic nitrogens is 1. The van der Waals surface area contributed by atoms with E-state index in [2.05, 4.69) is 11.6 Å². The Morgan fingerprint density at radius 1 is 1.20 bits per heavy atom. The zero-order chi connectivity index (χ0) is 28.4. The number of hydrogen-bond donors (Lipinski definition) is 1. The van der Waals surface area contributed by atoms with Crippen LogP contribution in [0.2, 0.25) is 0 Å². The third-order valence-corrected chi connectivity index (χ3v) is 7.39. The van der Waals surface area contributed by atoms with E-state index in [4.69, 9.17) is 18.9 Å². The Balaban J connectivity index is 1.66. The number of anilines is 1. The number of carbonyl (C=O) groups excluding carboxylic acids is 3. The highest BCUT2D eigenvalue weighted by Gasteiger charge is 2.48. The molecule has 2 aromatic carbocycles. The molecule has 2 aliphatic rings. The summed E-state index contributed by atoms with van der Waals surface area (Å²) in [6.07, 6.45) is 1.44. The molecule has 1 atom stereocenters. The average molecular weight is 563 g/mol. The maximum Gasteiger partial charge on any atom is 0.350 e. The highest BCUT2D eigenvalue weighted by Crippen LogP contribution is 2.45. The molecule has 0 aliphatic carbocycles. The molecule has 11 heteroatoms. The van der Waals surface area contributed by atoms with Gasteiger partial charge in [-0.15, -0.1) is 0 Å². The number of rotatable bonds is 8. The normalized spacial score (nSPS) is 17.6. The number of ether oxygens (including phenoxy) is 4. The van der Waals surface area contributed by atoms with Gasteiger partial charge in [-0.1, -0.05) is 36.1 Å². The maximum absolute atomic E-state index is 13.5. The van der Waals surface area contributed by atoms with Crippen LogP contribution in [0, 0.1) is 6.92 Å². The highest BCUT2D eigenvalue weighted by atomic mass is 32.1. The summed E-state index contributed by atoms with van der Waals surface area (Å²) in [5, 5.41) is 11.6. The molecule has 0 bridgehead atoms. The number of hydrogen-bond acceptors (Lipinski definition) is 10. The number of amides is 1. The number of benzene rings is 2. The fraction of sp³-hybridized carbons (Fsp3) is 0.241. The average Bonchev–Trinajstić information content (AvgIpc) is 3.47. The second-order valence-electron chi connectivity index (χ2n) is 8.83. The molecule has 206 valence electrons. The van der Waals surface area contributed by atoms with Gasteiger partial charge in [0.15, 0.2) is 16.6 Å². The van der Waals surface area contributed by atoms with Gasteiger partial charge in [0.25, 0.3) is 5.78 Å². The lowest BCUT2D eigenvalue weighted by Gasteiger charge is -2.23. The predicted molar refractivity (Wildman–Crippen MR) is 147 cm³/mol. The van der Waals surface area contributed by atoms with Crippen molar-refractivity contribution >= 4 is 39.9 Å². The van der Waals surface area contributed by atoms with Crippen molar-refractivity contribution in [1.82, 2.24) is 4.98 Å². The van der Waals surface area contributed by atoms with Crippen LogP contribution >= 0.6 is 11.3 Å². The molecular formula is C29H26N2O8S. The van der Waals surface area contributed by atoms with Crippen molar-refractivity contribution < 1.29 is 38.4 Å². The lowest BCUT2D eigenvalue weighted by atomic mass is 9.95. The summed E-state index contributed by atoms with van der Waals surface area (Å²) in [6, 6.07) is 10.6. The van der Waals surface area contributed by atoms with E-state index in [0.717, 1.165) is 11.3 Å². The van der Waals surface area contributed by atoms with Crippen LogP contribution in [0.1, 0.15) is 39.5 Å². The van der Waals surface area contributed by atoms with Gasteiger partial charge in [-0.3, -0.25) is 14.5 Å². The monoisotopic (exact) mass is 562 g/mol. The first kappa shape index (κ1) is 26.9. The fourth-order valence-corrected chi connectivity index (χ4v) is 5.49. The molecule has 1 fully saturated rings. The van der Waals surface area contributed by atoms with Crippen LogP contribution in [0.25, 0.3) is 5.76 Å². The van der Waals surface area contributed by atoms with Gasteiger partial charge >= 0.3 is 11.9 Å². The summed E-state index contributed by atoms with van der Waals surface area (Å²) in [5.41, 5.74) is 0.980. The van der Waals surface area contributed by atoms with E-state index >= 15 is 0 Å². The first-order chi connectivity index (χ1) is 19.3. The van der Waals surface area contributed by atoms with E-state index in [1.807, 2.05) is 6.92 Å². The number of fused-ring (bicyclic) bond motifs is 1. The molecular weight excluding hydrogens is 536 g/mol. The van der Waals surface area contributed by atoms with Crippen LogP contribution in [-0.2, 0) is 14.3 Å². The molecule has 40 heavy (non-hydrogen) atoms. The van der Waals surface area contributed by atoms with E-state index in [0.29, 0.717) is 48.3 Å². The number of Topliss-reactive ketones (excluding diaryl/α,β-unsaturated/α-hetero) is 1. The molecule has 2 aliphatic heterocycles. The Kier molecular flexibility index (Phi) is 7.56. The fourth-order valence-electron chi connectivity index (χ4n) is 4.51. The van der Waals surface area contributed by atoms with Crippen molar-refractivity contribution in [3.8, 4) is 17.2 Å². The topological polar surface area (TPSA) is 124 Å². The van der Waals surface area contributed by atoms with E-state index in [1.54, 1.807) is 49.4 Å². The summed E-state index contributed by atoms with van der Waals surface area (Å²) >= 11 is 0.923. The molecule has 0 saturated carbocycles. The van der Waals surface area contributed by atoms with Crippen molar-refractivity contribution in [1.29, 1.82) is 0 Å². The third-order valence-electron chi connectivity index (χ3n) is 6.25. The summed E-state index contributed by atoms with van der Waals surface area (Å²) in [4.78, 5) is 45.5. The van der Waals surface area contributed by atoms with E-state index in [1.165, 1.54) is 11.0 Å². The molecule has 1 aromatic heterocycles. The number of nitrogens with zero attached hydrogens (tertiary/aromatic N) is 2. The Bertz CT molecular complexity index is 1540. The van der Waals surface area contributed by atoms with Gasteiger partial charge in [0.2, 0.25) is 0 Å². The third kappa shape index (κ3) is 4.91. The van der Waals surface area contributed by atoms with Crippen LogP contribution < -0.4 is 19.1 Å². The SMILES string of the molecule is C=CCOC(=O)c1sc(N2C(=O)C(=O)/C(=C(/O)c3ccc4c(c3)OCCO4)[C@H]2c2cccc(OCC)c2)nc1C. The van der Waals surface area contributed by atoms with E-state index < -0.39 is 23.7 Å². The molecule has 0 radical (unpaired) electrons. The quantitative estimate of drug-likeness (QED) is 0.138. The van der Waals surface area contributed by atoms with Gasteiger partial charge in [-0.05, 0) is 49.7 Å². The van der Waals surface area contributed by atoms with Crippen LogP contribution in [-0.4, -0.2) is 54.2 Å². The van der Waals surface area contributed by atoms with Crippen LogP contribution in [0.3, 0.4) is 0 Å². The summed E-state index contributed by atoms with van der Waals surface area (Å²) in [6.45, 7) is 8.14. The molecule has 3 aromatic rings. The van der Waals surface area contributed by atoms with Gasteiger partial charge in [0.1, 0.15) is 36.2 Å². The van der Waals surface area contributed by atoms with Crippen molar-refractivity contribution in [3.05, 3.63) is 82.4 Å². The highest BCUT2D eigenvalue weighted by molar-refractivity contribution is 7.17. The summed E-state index contributed by atoms with van der Waals surface area (Å²) < 4.78 is 22.0. The Hall–Kier alpha value is -4.64. The number of esters is 1. The minimum Gasteiger partial charge on any atom is -0.507 e. The van der Waals surface area contributed by atoms with E-state index in [9.17, 15) is 19.5 Å². The summed E-state index contributed by atoms with van der Waals surface area (Å²) in [5.74, 6) is -1.36. The van der Waals surface area contributed by atoms with Crippen LogP contribution in [0.15, 0.2) is 60.7 Å². The molecule has 5 rings (SSSR count). The first-order valence-electron chi connectivity index (χ1n) is 12.5. The largest absolute Gasteiger partial charge is 0.507 e. The smallest absolute Gasteiger partial charge is 0.350 e. The zero-order valence-corrected chi connectivity index (χ0v) is 22.7. The number of aryl methyl sites for hydroxylation is 1. The van der Waals surface area contributed by atoms with Crippen molar-refractivity contribution in [2.24, 2.45) is 0 Å². The number of ketones is 1. The second-order valence-corrected chi connectivity index (χ2v) is 9.81. The van der Waals surface area contributed by atoms with Gasteiger partial charge in [0, 0.05) is 5.56 Å². The Labute approximate surface area is 234 Å². The van der Waals surface area contributed by atoms with Crippen LogP contribution in [0.4, 0.5) is 5.13 Å². The van der Waals surface area contributed by atoms with Gasteiger partial charge in [-0.2, -0.15) is 0 Å². The molecule has 1 saturated heterocycles. The number of thiazole rings is 1. The number of aliphatic hydroxyl groups excluding tert-OH is 1. The molecule has 0 unspecified atom stereocenters. The van der Waals surface area contributed by atoms with E-state index in [-0.39, 0.29) is 33.5 Å². The first-order valence-corrected chi connectivity index (χ1v) is 13.3. The van der Waals surface area contributed by atoms with Gasteiger partial charge in [0.05, 0.1) is 23.9 Å². The number of aliphatic hydroxyl groups is 1. The molecule has 1 amide bonds. The standard InChI is InChI=1S/C29H26N2O8S/c1-4-11-39-28(35)26-16(3)30-29(40-26)31-23(17-7-6-8-19(14-17)36-5-2)22(25(33)27(31)34)24(32)18-9-10-20-21(15-18)38-13-12-37-20/h4,6-10,14-15,23,32H,1,5,11-13H2,2-3H3/b24-22+/t23-/m1/s1. The van der Waals surface area contributed by atoms with Gasteiger partial charge < -0.3 is 24.1 Å². The Morgan fingerprint density at radius 3 is 2.73 bits per heavy atom. The Morgan fingerprint density at radius 2 is 1.98 bits per heavy atom.